The van der Waals surface area contributed by atoms with Gasteiger partial charge in [0.05, 0.1) is 22.7 Å². The molecule has 0 fully saturated rings. The lowest BCUT2D eigenvalue weighted by Crippen LogP contribution is -2.19. The van der Waals surface area contributed by atoms with Gasteiger partial charge in [0.25, 0.3) is 0 Å². The van der Waals surface area contributed by atoms with Crippen molar-refractivity contribution in [2.24, 2.45) is 0 Å². The monoisotopic (exact) mass is 426 g/mol. The maximum atomic E-state index is 10.4. The summed E-state index contributed by atoms with van der Waals surface area (Å²) in [6, 6.07) is 22.4. The number of rotatable bonds is 7. The Labute approximate surface area is 189 Å². The van der Waals surface area contributed by atoms with Crippen LogP contribution in [0.4, 0.5) is 0 Å². The fourth-order valence-corrected chi connectivity index (χ4v) is 3.65. The van der Waals surface area contributed by atoms with Gasteiger partial charge in [-0.15, -0.1) is 0 Å². The van der Waals surface area contributed by atoms with Crippen LogP contribution in [-0.4, -0.2) is 20.8 Å². The largest absolute Gasteiger partial charge is 0.491 e. The molecule has 1 atom stereocenters. The fraction of sp³-hybridized carbons (Fsp3) is 0.250. The van der Waals surface area contributed by atoms with Crippen LogP contribution >= 0.6 is 0 Å². The van der Waals surface area contributed by atoms with Gasteiger partial charge < -0.3 is 9.84 Å². The molecule has 1 N–H and O–H groups in total. The number of imidazole rings is 1. The van der Waals surface area contributed by atoms with Crippen molar-refractivity contribution in [2.45, 2.75) is 45.8 Å². The molecule has 0 radical (unpaired) electrons. The first-order valence-corrected chi connectivity index (χ1v) is 11.1. The number of aromatic nitrogens is 2. The molecule has 0 saturated heterocycles. The Hall–Kier alpha value is -3.37. The number of hydrogen-bond acceptors (Lipinski definition) is 3. The lowest BCUT2D eigenvalue weighted by Gasteiger charge is -2.21. The van der Waals surface area contributed by atoms with E-state index in [1.165, 1.54) is 0 Å². The summed E-state index contributed by atoms with van der Waals surface area (Å²) in [5, 5.41) is 10.4. The summed E-state index contributed by atoms with van der Waals surface area (Å²) in [6.45, 7) is 7.88. The van der Waals surface area contributed by atoms with Crippen molar-refractivity contribution in [1.82, 2.24) is 9.55 Å². The molecule has 1 aromatic heterocycles. The first kappa shape index (κ1) is 21.8. The van der Waals surface area contributed by atoms with E-state index in [0.717, 1.165) is 39.2 Å². The Kier molecular flexibility index (Phi) is 6.15. The molecule has 1 unspecified atom stereocenters. The van der Waals surface area contributed by atoms with Crippen molar-refractivity contribution in [3.05, 3.63) is 89.7 Å². The van der Waals surface area contributed by atoms with E-state index in [0.29, 0.717) is 6.42 Å². The molecule has 0 aliphatic heterocycles. The minimum absolute atomic E-state index is 0.158. The number of ether oxygens (including phenoxy) is 1. The number of fused-ring (bicyclic) bond motifs is 1. The van der Waals surface area contributed by atoms with Gasteiger partial charge in [0.2, 0.25) is 0 Å². The standard InChI is InChI=1S/C28H30N2O2/c1-5-28(4,31)23-11-8-21(9-12-23)6-7-22-10-17-27-26(18-22)29-19-30(27)24-13-15-25(16-14-24)32-20(2)3/h6-20,31H,5H2,1-4H3. The molecule has 0 amide bonds. The molecule has 0 aliphatic carbocycles. The van der Waals surface area contributed by atoms with E-state index in [9.17, 15) is 5.11 Å². The van der Waals surface area contributed by atoms with Gasteiger partial charge >= 0.3 is 0 Å². The summed E-state index contributed by atoms with van der Waals surface area (Å²) < 4.78 is 7.82. The molecule has 4 heteroatoms. The zero-order chi connectivity index (χ0) is 22.7. The van der Waals surface area contributed by atoms with E-state index in [1.54, 1.807) is 0 Å². The molecule has 4 aromatic rings. The Morgan fingerprint density at radius 1 is 0.969 bits per heavy atom. The van der Waals surface area contributed by atoms with Crippen molar-refractivity contribution in [3.8, 4) is 11.4 Å². The lowest BCUT2D eigenvalue weighted by atomic mass is 9.92. The maximum absolute atomic E-state index is 10.4. The highest BCUT2D eigenvalue weighted by molar-refractivity contribution is 5.82. The van der Waals surface area contributed by atoms with Gasteiger partial charge in [0.1, 0.15) is 12.1 Å². The van der Waals surface area contributed by atoms with Crippen LogP contribution in [-0.2, 0) is 5.60 Å². The SMILES string of the molecule is CCC(C)(O)c1ccc(C=Cc2ccc3c(c2)ncn3-c2ccc(OC(C)C)cc2)cc1. The van der Waals surface area contributed by atoms with Crippen molar-refractivity contribution in [2.75, 3.05) is 0 Å². The lowest BCUT2D eigenvalue weighted by molar-refractivity contribution is 0.0531. The molecule has 0 bridgehead atoms. The zero-order valence-electron chi connectivity index (χ0n) is 19.1. The number of nitrogens with zero attached hydrogens (tertiary/aromatic N) is 2. The van der Waals surface area contributed by atoms with E-state index in [2.05, 4.69) is 39.9 Å². The average Bonchev–Trinajstić information content (AvgIpc) is 3.21. The Balaban J connectivity index is 1.53. The fourth-order valence-electron chi connectivity index (χ4n) is 3.65. The Bertz CT molecular complexity index is 1220. The van der Waals surface area contributed by atoms with Gasteiger partial charge in [-0.3, -0.25) is 4.57 Å². The van der Waals surface area contributed by atoms with E-state index >= 15 is 0 Å². The van der Waals surface area contributed by atoms with Crippen LogP contribution in [0, 0.1) is 0 Å². The molecule has 3 aromatic carbocycles. The summed E-state index contributed by atoms with van der Waals surface area (Å²) in [5.41, 5.74) is 5.40. The minimum Gasteiger partial charge on any atom is -0.491 e. The van der Waals surface area contributed by atoms with E-state index < -0.39 is 5.60 Å². The second-order valence-corrected chi connectivity index (χ2v) is 8.61. The third-order valence-corrected chi connectivity index (χ3v) is 5.75. The molecule has 4 nitrogen and oxygen atoms in total. The molecule has 0 saturated carbocycles. The minimum atomic E-state index is -0.784. The quantitative estimate of drug-likeness (QED) is 0.339. The summed E-state index contributed by atoms with van der Waals surface area (Å²) in [6.07, 6.45) is 6.87. The molecule has 4 rings (SSSR count). The predicted octanol–water partition coefficient (Wildman–Crippen LogP) is 6.60. The first-order chi connectivity index (χ1) is 15.4. The highest BCUT2D eigenvalue weighted by Gasteiger charge is 2.19. The van der Waals surface area contributed by atoms with Crippen LogP contribution in [0.3, 0.4) is 0 Å². The van der Waals surface area contributed by atoms with Gasteiger partial charge in [-0.2, -0.15) is 0 Å². The average molecular weight is 427 g/mol. The smallest absolute Gasteiger partial charge is 0.119 e. The third-order valence-electron chi connectivity index (χ3n) is 5.75. The Morgan fingerprint density at radius 2 is 1.62 bits per heavy atom. The van der Waals surface area contributed by atoms with Gasteiger partial charge in [0, 0.05) is 5.69 Å². The van der Waals surface area contributed by atoms with Crippen LogP contribution < -0.4 is 4.74 Å². The van der Waals surface area contributed by atoms with E-state index in [-0.39, 0.29) is 6.10 Å². The van der Waals surface area contributed by atoms with Gasteiger partial charge in [-0.05, 0) is 80.3 Å². The normalized spacial score (nSPS) is 13.7. The van der Waals surface area contributed by atoms with Gasteiger partial charge in [-0.1, -0.05) is 49.4 Å². The van der Waals surface area contributed by atoms with Crippen LogP contribution in [0.1, 0.15) is 50.8 Å². The summed E-state index contributed by atoms with van der Waals surface area (Å²) in [4.78, 5) is 4.60. The topological polar surface area (TPSA) is 47.3 Å². The molecular weight excluding hydrogens is 396 g/mol. The van der Waals surface area contributed by atoms with Crippen LogP contribution in [0.25, 0.3) is 28.9 Å². The van der Waals surface area contributed by atoms with Crippen LogP contribution in [0.5, 0.6) is 5.75 Å². The van der Waals surface area contributed by atoms with Crippen molar-refractivity contribution >= 4 is 23.2 Å². The van der Waals surface area contributed by atoms with Gasteiger partial charge in [0.15, 0.2) is 0 Å². The zero-order valence-corrected chi connectivity index (χ0v) is 19.1. The molecule has 0 spiro atoms. The van der Waals surface area contributed by atoms with Crippen molar-refractivity contribution < 1.29 is 9.84 Å². The molecule has 164 valence electrons. The molecule has 1 heterocycles. The summed E-state index contributed by atoms with van der Waals surface area (Å²) >= 11 is 0. The second kappa shape index (κ2) is 9.01. The maximum Gasteiger partial charge on any atom is 0.119 e. The highest BCUT2D eigenvalue weighted by atomic mass is 16.5. The molecular formula is C28H30N2O2. The highest BCUT2D eigenvalue weighted by Crippen LogP contribution is 2.25. The molecule has 0 aliphatic rings. The van der Waals surface area contributed by atoms with Crippen molar-refractivity contribution in [1.29, 1.82) is 0 Å². The van der Waals surface area contributed by atoms with E-state index in [1.807, 2.05) is 82.6 Å². The summed E-state index contributed by atoms with van der Waals surface area (Å²) in [5.74, 6) is 0.868. The number of aliphatic hydroxyl groups is 1. The van der Waals surface area contributed by atoms with Crippen LogP contribution in [0.15, 0.2) is 73.1 Å². The van der Waals surface area contributed by atoms with Crippen molar-refractivity contribution in [3.63, 3.8) is 0 Å². The molecule has 32 heavy (non-hydrogen) atoms. The Morgan fingerprint density at radius 3 is 2.28 bits per heavy atom. The second-order valence-electron chi connectivity index (χ2n) is 8.61. The summed E-state index contributed by atoms with van der Waals surface area (Å²) in [7, 11) is 0. The predicted molar refractivity (Wildman–Crippen MR) is 132 cm³/mol. The van der Waals surface area contributed by atoms with Gasteiger partial charge in [-0.25, -0.2) is 4.98 Å². The number of benzene rings is 3. The first-order valence-electron chi connectivity index (χ1n) is 11.1. The van der Waals surface area contributed by atoms with Crippen LogP contribution in [0.2, 0.25) is 0 Å². The van der Waals surface area contributed by atoms with E-state index in [4.69, 9.17) is 4.74 Å². The number of hydrogen-bond donors (Lipinski definition) is 1. The third kappa shape index (κ3) is 4.76.